The Kier molecular flexibility index (Phi) is 6.11. The maximum atomic E-state index is 12.1. The molecule has 8 heteroatoms. The molecule has 0 bridgehead atoms. The van der Waals surface area contributed by atoms with E-state index in [-0.39, 0.29) is 31.2 Å². The van der Waals surface area contributed by atoms with E-state index in [0.29, 0.717) is 11.6 Å². The summed E-state index contributed by atoms with van der Waals surface area (Å²) in [5, 5.41) is 11.5. The summed E-state index contributed by atoms with van der Waals surface area (Å²) in [4.78, 5) is 24.1. The quantitative estimate of drug-likeness (QED) is 0.659. The molecule has 2 aromatic heterocycles. The highest BCUT2D eigenvalue weighted by atomic mass is 16.5. The number of nitrogens with zero attached hydrogens (tertiary/aromatic N) is 4. The molecule has 0 fully saturated rings. The van der Waals surface area contributed by atoms with E-state index in [2.05, 4.69) is 15.5 Å². The van der Waals surface area contributed by atoms with Gasteiger partial charge in [0.25, 0.3) is 11.5 Å². The summed E-state index contributed by atoms with van der Waals surface area (Å²) in [6.07, 6.45) is 0. The van der Waals surface area contributed by atoms with Gasteiger partial charge >= 0.3 is 0 Å². The summed E-state index contributed by atoms with van der Waals surface area (Å²) in [5.41, 5.74) is 3.68. The number of amides is 1. The second-order valence-corrected chi connectivity index (χ2v) is 6.93. The molecule has 0 spiro atoms. The summed E-state index contributed by atoms with van der Waals surface area (Å²) in [5.74, 6) is 0.990. The van der Waals surface area contributed by atoms with Crippen molar-refractivity contribution in [1.82, 2.24) is 24.9 Å². The van der Waals surface area contributed by atoms with Gasteiger partial charge < -0.3 is 10.1 Å². The second-order valence-electron chi connectivity index (χ2n) is 6.93. The Hall–Kier alpha value is -3.42. The molecule has 0 unspecified atom stereocenters. The Bertz CT molecular complexity index is 1080. The lowest BCUT2D eigenvalue weighted by atomic mass is 10.1. The zero-order chi connectivity index (χ0) is 21.0. The van der Waals surface area contributed by atoms with Gasteiger partial charge in [0, 0.05) is 18.3 Å². The number of aromatic nitrogens is 4. The summed E-state index contributed by atoms with van der Waals surface area (Å²) in [6, 6.07) is 10.7. The minimum atomic E-state index is -0.256. The van der Waals surface area contributed by atoms with E-state index in [9.17, 15) is 9.59 Å². The number of rotatable bonds is 7. The molecule has 0 radical (unpaired) electrons. The van der Waals surface area contributed by atoms with Crippen molar-refractivity contribution in [2.24, 2.45) is 0 Å². The van der Waals surface area contributed by atoms with Crippen molar-refractivity contribution >= 4 is 5.91 Å². The molecule has 0 saturated carbocycles. The minimum Gasteiger partial charge on any atom is -0.483 e. The predicted octanol–water partition coefficient (Wildman–Crippen LogP) is 1.86. The van der Waals surface area contributed by atoms with Crippen LogP contribution in [-0.4, -0.2) is 38.6 Å². The van der Waals surface area contributed by atoms with Gasteiger partial charge in [-0.25, -0.2) is 9.36 Å². The van der Waals surface area contributed by atoms with Crippen molar-refractivity contribution in [3.63, 3.8) is 0 Å². The monoisotopic (exact) mass is 395 g/mol. The first-order valence-corrected chi connectivity index (χ1v) is 9.42. The SMILES string of the molecule is Cc1cc(C)n(-c2ccc(=O)n(CCNC(=O)COc3cccc(C)c3C)n2)n1. The molecular weight excluding hydrogens is 370 g/mol. The largest absolute Gasteiger partial charge is 0.483 e. The van der Waals surface area contributed by atoms with Crippen LogP contribution in [0, 0.1) is 27.7 Å². The lowest BCUT2D eigenvalue weighted by Gasteiger charge is -2.11. The lowest BCUT2D eigenvalue weighted by molar-refractivity contribution is -0.123. The van der Waals surface area contributed by atoms with Gasteiger partial charge in [-0.2, -0.15) is 5.10 Å². The van der Waals surface area contributed by atoms with Gasteiger partial charge in [-0.15, -0.1) is 5.10 Å². The summed E-state index contributed by atoms with van der Waals surface area (Å²) in [6.45, 7) is 8.20. The van der Waals surface area contributed by atoms with Crippen LogP contribution in [0.5, 0.6) is 5.75 Å². The Morgan fingerprint density at radius 3 is 2.62 bits per heavy atom. The molecule has 2 heterocycles. The number of ether oxygens (including phenoxy) is 1. The first kappa shape index (κ1) is 20.3. The van der Waals surface area contributed by atoms with E-state index in [1.54, 1.807) is 10.7 Å². The van der Waals surface area contributed by atoms with Crippen LogP contribution in [0.25, 0.3) is 5.82 Å². The van der Waals surface area contributed by atoms with Gasteiger partial charge in [0.2, 0.25) is 0 Å². The number of hydrogen-bond donors (Lipinski definition) is 1. The highest BCUT2D eigenvalue weighted by molar-refractivity contribution is 5.77. The third-order valence-electron chi connectivity index (χ3n) is 4.64. The third-order valence-corrected chi connectivity index (χ3v) is 4.64. The molecule has 0 aliphatic heterocycles. The van der Waals surface area contributed by atoms with Gasteiger partial charge in [0.15, 0.2) is 12.4 Å². The molecule has 0 aliphatic carbocycles. The normalized spacial score (nSPS) is 10.8. The average Bonchev–Trinajstić information content (AvgIpc) is 3.02. The van der Waals surface area contributed by atoms with Crippen molar-refractivity contribution in [2.45, 2.75) is 34.2 Å². The average molecular weight is 395 g/mol. The maximum Gasteiger partial charge on any atom is 0.266 e. The molecule has 1 N–H and O–H groups in total. The van der Waals surface area contributed by atoms with Gasteiger partial charge in [-0.05, 0) is 57.0 Å². The van der Waals surface area contributed by atoms with E-state index in [1.165, 1.54) is 10.7 Å². The number of hydrogen-bond acceptors (Lipinski definition) is 5. The van der Waals surface area contributed by atoms with Crippen molar-refractivity contribution in [3.05, 3.63) is 69.3 Å². The van der Waals surface area contributed by atoms with E-state index in [4.69, 9.17) is 4.74 Å². The smallest absolute Gasteiger partial charge is 0.266 e. The minimum absolute atomic E-state index is 0.0849. The number of benzene rings is 1. The molecular formula is C21H25N5O3. The molecule has 8 nitrogen and oxygen atoms in total. The fourth-order valence-electron chi connectivity index (χ4n) is 2.95. The van der Waals surface area contributed by atoms with E-state index >= 15 is 0 Å². The summed E-state index contributed by atoms with van der Waals surface area (Å²) < 4.78 is 8.59. The number of carbonyl (C=O) groups excluding carboxylic acids is 1. The molecule has 0 saturated heterocycles. The van der Waals surface area contributed by atoms with E-state index in [1.807, 2.05) is 52.0 Å². The predicted molar refractivity (Wildman–Crippen MR) is 110 cm³/mol. The van der Waals surface area contributed by atoms with E-state index < -0.39 is 0 Å². The van der Waals surface area contributed by atoms with E-state index in [0.717, 1.165) is 22.5 Å². The fourth-order valence-corrected chi connectivity index (χ4v) is 2.95. The first-order chi connectivity index (χ1) is 13.8. The molecule has 1 aromatic carbocycles. The lowest BCUT2D eigenvalue weighted by Crippen LogP contribution is -2.34. The molecule has 3 aromatic rings. The topological polar surface area (TPSA) is 91.0 Å². The first-order valence-electron chi connectivity index (χ1n) is 9.42. The van der Waals surface area contributed by atoms with Crippen molar-refractivity contribution in [3.8, 4) is 11.6 Å². The van der Waals surface area contributed by atoms with Crippen LogP contribution in [0.4, 0.5) is 0 Å². The van der Waals surface area contributed by atoms with Crippen molar-refractivity contribution < 1.29 is 9.53 Å². The Balaban J connectivity index is 1.56. The van der Waals surface area contributed by atoms with Gasteiger partial charge in [-0.1, -0.05) is 12.1 Å². The highest BCUT2D eigenvalue weighted by Crippen LogP contribution is 2.20. The van der Waals surface area contributed by atoms with Crippen LogP contribution in [0.2, 0.25) is 0 Å². The van der Waals surface area contributed by atoms with Gasteiger partial charge in [0.1, 0.15) is 5.75 Å². The molecule has 3 rings (SSSR count). The molecule has 152 valence electrons. The van der Waals surface area contributed by atoms with Gasteiger partial charge in [0.05, 0.1) is 12.2 Å². The molecule has 1 amide bonds. The summed E-state index contributed by atoms with van der Waals surface area (Å²) in [7, 11) is 0. The van der Waals surface area contributed by atoms with Crippen LogP contribution < -0.4 is 15.6 Å². The van der Waals surface area contributed by atoms with Crippen LogP contribution in [0.15, 0.2) is 41.2 Å². The molecule has 0 atom stereocenters. The van der Waals surface area contributed by atoms with Crippen LogP contribution in [0.3, 0.4) is 0 Å². The standard InChI is InChI=1S/C21H25N5O3/c1-14-6-5-7-18(17(14)4)29-13-20(27)22-10-11-25-21(28)9-8-19(24-25)26-16(3)12-15(2)23-26/h5-9,12H,10-11,13H2,1-4H3,(H,22,27). The maximum absolute atomic E-state index is 12.1. The van der Waals surface area contributed by atoms with Crippen molar-refractivity contribution in [2.75, 3.05) is 13.2 Å². The zero-order valence-electron chi connectivity index (χ0n) is 17.1. The third kappa shape index (κ3) is 4.90. The fraction of sp³-hybridized carbons (Fsp3) is 0.333. The van der Waals surface area contributed by atoms with Crippen LogP contribution in [0.1, 0.15) is 22.5 Å². The number of aryl methyl sites for hydroxylation is 3. The molecule has 0 aliphatic rings. The van der Waals surface area contributed by atoms with Gasteiger partial charge in [-0.3, -0.25) is 9.59 Å². The van der Waals surface area contributed by atoms with Crippen LogP contribution in [-0.2, 0) is 11.3 Å². The summed E-state index contributed by atoms with van der Waals surface area (Å²) >= 11 is 0. The second kappa shape index (κ2) is 8.72. The van der Waals surface area contributed by atoms with Crippen LogP contribution >= 0.6 is 0 Å². The Labute approximate surface area is 169 Å². The number of carbonyl (C=O) groups is 1. The Morgan fingerprint density at radius 2 is 1.90 bits per heavy atom. The van der Waals surface area contributed by atoms with Crippen molar-refractivity contribution in [1.29, 1.82) is 0 Å². The Morgan fingerprint density at radius 1 is 1.10 bits per heavy atom. The zero-order valence-corrected chi connectivity index (χ0v) is 17.1. The molecule has 29 heavy (non-hydrogen) atoms. The highest BCUT2D eigenvalue weighted by Gasteiger charge is 2.09. The number of nitrogens with one attached hydrogen (secondary N) is 1.